The first-order valence-electron chi connectivity index (χ1n) is 10.9. The molecule has 0 amide bonds. The van der Waals surface area contributed by atoms with Gasteiger partial charge in [0.25, 0.3) is 0 Å². The highest BCUT2D eigenvalue weighted by Gasteiger charge is 2.14. The van der Waals surface area contributed by atoms with Crippen LogP contribution in [0, 0.1) is 12.3 Å². The van der Waals surface area contributed by atoms with Gasteiger partial charge < -0.3 is 21.2 Å². The third-order valence-electron chi connectivity index (χ3n) is 5.48. The summed E-state index contributed by atoms with van der Waals surface area (Å²) in [7, 11) is 0. The molecule has 0 unspecified atom stereocenters. The second-order valence-corrected chi connectivity index (χ2v) is 8.05. The van der Waals surface area contributed by atoms with Crippen LogP contribution in [0.3, 0.4) is 0 Å². The van der Waals surface area contributed by atoms with Crippen LogP contribution in [0.4, 0.5) is 11.6 Å². The molecule has 2 aromatic heterocycles. The Hall–Kier alpha value is -3.52. The standard InChI is InChI=1S/C24H29N7O/c1-17-11-20(7-8-27-17)16-32-24-29-22(26)21(13-25)23(30-24)28-14-18-5-4-6-19(12-18)15-31-9-2-3-10-31/h4-8,11-13,25H,2-3,9-10,14-16H2,1H3,(H3,26,28,29,30). The van der Waals surface area contributed by atoms with E-state index in [2.05, 4.69) is 49.4 Å². The van der Waals surface area contributed by atoms with Gasteiger partial charge in [-0.3, -0.25) is 9.88 Å². The summed E-state index contributed by atoms with van der Waals surface area (Å²) < 4.78 is 5.76. The fraction of sp³-hybridized carbons (Fsp3) is 0.333. The molecule has 3 heterocycles. The van der Waals surface area contributed by atoms with Gasteiger partial charge in [0.15, 0.2) is 0 Å². The average Bonchev–Trinajstić information content (AvgIpc) is 3.29. The molecule has 1 aliphatic heterocycles. The molecule has 1 fully saturated rings. The Morgan fingerprint density at radius 1 is 1.12 bits per heavy atom. The van der Waals surface area contributed by atoms with Crippen LogP contribution in [0.5, 0.6) is 6.01 Å². The molecule has 1 aliphatic rings. The molecule has 0 aliphatic carbocycles. The number of hydrogen-bond acceptors (Lipinski definition) is 8. The SMILES string of the molecule is Cc1cc(COc2nc(N)c(C=N)c(NCc3cccc(CN4CCCC4)c3)n2)ccn1. The Kier molecular flexibility index (Phi) is 6.91. The van der Waals surface area contributed by atoms with Crippen molar-refractivity contribution in [2.24, 2.45) is 0 Å². The molecule has 0 bridgehead atoms. The van der Waals surface area contributed by atoms with Crippen LogP contribution in [0.1, 0.15) is 40.8 Å². The number of likely N-dealkylation sites (tertiary alicyclic amines) is 1. The maximum atomic E-state index is 7.72. The van der Waals surface area contributed by atoms with Gasteiger partial charge in [0.1, 0.15) is 18.2 Å². The van der Waals surface area contributed by atoms with E-state index < -0.39 is 0 Å². The summed E-state index contributed by atoms with van der Waals surface area (Å²) in [6.45, 7) is 6.13. The largest absolute Gasteiger partial charge is 0.458 e. The van der Waals surface area contributed by atoms with Crippen molar-refractivity contribution in [3.05, 3.63) is 70.5 Å². The summed E-state index contributed by atoms with van der Waals surface area (Å²) in [6.07, 6.45) is 5.48. The normalized spacial score (nSPS) is 13.8. The second kappa shape index (κ2) is 10.2. The third kappa shape index (κ3) is 5.59. The van der Waals surface area contributed by atoms with Gasteiger partial charge in [0, 0.05) is 31.2 Å². The Balaban J connectivity index is 1.44. The van der Waals surface area contributed by atoms with E-state index in [1.165, 1.54) is 31.5 Å². The smallest absolute Gasteiger partial charge is 0.320 e. The number of aryl methyl sites for hydroxylation is 1. The molecule has 8 nitrogen and oxygen atoms in total. The lowest BCUT2D eigenvalue weighted by molar-refractivity contribution is 0.281. The minimum atomic E-state index is 0.174. The van der Waals surface area contributed by atoms with Crippen molar-refractivity contribution in [2.45, 2.75) is 39.5 Å². The van der Waals surface area contributed by atoms with Crippen molar-refractivity contribution in [2.75, 3.05) is 24.1 Å². The number of anilines is 2. The van der Waals surface area contributed by atoms with Crippen LogP contribution < -0.4 is 15.8 Å². The van der Waals surface area contributed by atoms with Crippen molar-refractivity contribution in [3.63, 3.8) is 0 Å². The summed E-state index contributed by atoms with van der Waals surface area (Å²) in [5, 5.41) is 11.0. The topological polar surface area (TPSA) is 113 Å². The zero-order valence-electron chi connectivity index (χ0n) is 18.3. The summed E-state index contributed by atoms with van der Waals surface area (Å²) in [5.74, 6) is 0.694. The molecule has 1 saturated heterocycles. The minimum absolute atomic E-state index is 0.174. The van der Waals surface area contributed by atoms with Gasteiger partial charge in [-0.05, 0) is 61.7 Å². The molecule has 0 saturated carbocycles. The van der Waals surface area contributed by atoms with E-state index in [1.54, 1.807) is 6.20 Å². The molecule has 8 heteroatoms. The quantitative estimate of drug-likeness (QED) is 0.444. The molecule has 0 spiro atoms. The van der Waals surface area contributed by atoms with Gasteiger partial charge in [0.2, 0.25) is 0 Å². The molecule has 4 N–H and O–H groups in total. The first-order valence-corrected chi connectivity index (χ1v) is 10.9. The number of nitrogens with zero attached hydrogens (tertiary/aromatic N) is 4. The Bertz CT molecular complexity index is 1080. The molecular weight excluding hydrogens is 402 g/mol. The molecular formula is C24H29N7O. The first kappa shape index (κ1) is 21.7. The number of nitrogen functional groups attached to an aromatic ring is 1. The van der Waals surface area contributed by atoms with Crippen LogP contribution in [-0.2, 0) is 19.7 Å². The van der Waals surface area contributed by atoms with E-state index in [0.717, 1.165) is 29.6 Å². The van der Waals surface area contributed by atoms with Crippen LogP contribution in [0.15, 0.2) is 42.6 Å². The summed E-state index contributed by atoms with van der Waals surface area (Å²) in [4.78, 5) is 15.3. The summed E-state index contributed by atoms with van der Waals surface area (Å²) in [5.41, 5.74) is 10.9. The highest BCUT2D eigenvalue weighted by atomic mass is 16.5. The predicted molar refractivity (Wildman–Crippen MR) is 126 cm³/mol. The minimum Gasteiger partial charge on any atom is -0.458 e. The van der Waals surface area contributed by atoms with Crippen LogP contribution in [0.2, 0.25) is 0 Å². The van der Waals surface area contributed by atoms with E-state index >= 15 is 0 Å². The zero-order valence-corrected chi connectivity index (χ0v) is 18.3. The highest BCUT2D eigenvalue weighted by molar-refractivity contribution is 5.90. The number of benzene rings is 1. The van der Waals surface area contributed by atoms with E-state index in [9.17, 15) is 0 Å². The van der Waals surface area contributed by atoms with Crippen molar-refractivity contribution in [1.29, 1.82) is 5.41 Å². The average molecular weight is 432 g/mol. The van der Waals surface area contributed by atoms with Crippen molar-refractivity contribution in [1.82, 2.24) is 19.9 Å². The Labute approximate surface area is 188 Å². The maximum Gasteiger partial charge on any atom is 0.320 e. The van der Waals surface area contributed by atoms with Crippen LogP contribution in [-0.4, -0.2) is 39.2 Å². The van der Waals surface area contributed by atoms with E-state index in [1.807, 2.05) is 19.1 Å². The molecule has 1 aromatic carbocycles. The maximum absolute atomic E-state index is 7.72. The molecule has 166 valence electrons. The van der Waals surface area contributed by atoms with Gasteiger partial charge in [-0.1, -0.05) is 24.3 Å². The number of rotatable bonds is 9. The summed E-state index contributed by atoms with van der Waals surface area (Å²) in [6, 6.07) is 12.6. The predicted octanol–water partition coefficient (Wildman–Crippen LogP) is 3.55. The molecule has 0 radical (unpaired) electrons. The highest BCUT2D eigenvalue weighted by Crippen LogP contribution is 2.22. The van der Waals surface area contributed by atoms with E-state index in [0.29, 0.717) is 24.5 Å². The second-order valence-electron chi connectivity index (χ2n) is 8.05. The molecule has 4 rings (SSSR count). The summed E-state index contributed by atoms with van der Waals surface area (Å²) >= 11 is 0. The number of nitrogens with one attached hydrogen (secondary N) is 2. The zero-order chi connectivity index (χ0) is 22.3. The fourth-order valence-corrected chi connectivity index (χ4v) is 3.87. The lowest BCUT2D eigenvalue weighted by Gasteiger charge is -2.16. The molecule has 32 heavy (non-hydrogen) atoms. The number of ether oxygens (including phenoxy) is 1. The monoisotopic (exact) mass is 431 g/mol. The van der Waals surface area contributed by atoms with Crippen molar-refractivity contribution >= 4 is 17.9 Å². The van der Waals surface area contributed by atoms with Crippen LogP contribution in [0.25, 0.3) is 0 Å². The van der Waals surface area contributed by atoms with Gasteiger partial charge >= 0.3 is 6.01 Å². The number of nitrogens with two attached hydrogens (primary N) is 1. The van der Waals surface area contributed by atoms with Crippen LogP contribution >= 0.6 is 0 Å². The third-order valence-corrected chi connectivity index (χ3v) is 5.48. The number of pyridine rings is 1. The molecule has 3 aromatic rings. The van der Waals surface area contributed by atoms with Gasteiger partial charge in [-0.15, -0.1) is 0 Å². The van der Waals surface area contributed by atoms with Crippen molar-refractivity contribution in [3.8, 4) is 6.01 Å². The lowest BCUT2D eigenvalue weighted by atomic mass is 10.1. The Morgan fingerprint density at radius 2 is 1.94 bits per heavy atom. The number of hydrogen-bond donors (Lipinski definition) is 3. The van der Waals surface area contributed by atoms with E-state index in [-0.39, 0.29) is 11.8 Å². The fourth-order valence-electron chi connectivity index (χ4n) is 3.87. The Morgan fingerprint density at radius 3 is 2.72 bits per heavy atom. The van der Waals surface area contributed by atoms with Gasteiger partial charge in [-0.2, -0.15) is 9.97 Å². The lowest BCUT2D eigenvalue weighted by Crippen LogP contribution is -2.18. The van der Waals surface area contributed by atoms with Gasteiger partial charge in [-0.25, -0.2) is 0 Å². The number of aromatic nitrogens is 3. The van der Waals surface area contributed by atoms with Crippen molar-refractivity contribution < 1.29 is 4.74 Å². The van der Waals surface area contributed by atoms with E-state index in [4.69, 9.17) is 15.9 Å². The first-order chi connectivity index (χ1) is 15.6. The molecule has 0 atom stereocenters. The van der Waals surface area contributed by atoms with Gasteiger partial charge in [0.05, 0.1) is 5.56 Å².